The van der Waals surface area contributed by atoms with Crippen LogP contribution in [0.5, 0.6) is 0 Å². The highest BCUT2D eigenvalue weighted by molar-refractivity contribution is 5.55. The number of carbonyl (C=O) groups excluding carboxylic acids is 1. The van der Waals surface area contributed by atoms with E-state index in [1.807, 2.05) is 44.2 Å². The first-order valence-corrected chi connectivity index (χ1v) is 10.8. The SMILES string of the molecule is CCOC(OC)O[C@@H]1C[C@@H]([C@@H](COCc2ccccc2)OC(OC)OCC)[C@H](C=O)C1. The molecule has 8 nitrogen and oxygen atoms in total. The van der Waals surface area contributed by atoms with Crippen LogP contribution in [0.15, 0.2) is 30.3 Å². The number of rotatable bonds is 16. The standard InChI is InChI=1S/C23H36O8/c1-5-28-22(25-3)30-19-12-18(14-24)20(13-19)21(31-23(26-4)29-6-2)16-27-15-17-10-8-7-9-11-17/h7-11,14,18-23H,5-6,12-13,15-16H2,1-4H3/t18-,19-,20+,21+,22?,23?/m0/s1. The number of methoxy groups -OCH3 is 2. The van der Waals surface area contributed by atoms with E-state index >= 15 is 0 Å². The molecule has 0 saturated heterocycles. The highest BCUT2D eigenvalue weighted by Crippen LogP contribution is 2.37. The van der Waals surface area contributed by atoms with Gasteiger partial charge >= 0.3 is 0 Å². The Labute approximate surface area is 185 Å². The topological polar surface area (TPSA) is 81.7 Å². The Morgan fingerprint density at radius 2 is 1.68 bits per heavy atom. The van der Waals surface area contributed by atoms with Gasteiger partial charge in [0.2, 0.25) is 0 Å². The minimum Gasteiger partial charge on any atom is -0.374 e. The Kier molecular flexibility index (Phi) is 12.2. The molecule has 0 N–H and O–H groups in total. The number of benzene rings is 1. The molecule has 31 heavy (non-hydrogen) atoms. The van der Waals surface area contributed by atoms with E-state index in [0.717, 1.165) is 11.8 Å². The Balaban J connectivity index is 2.05. The molecule has 0 heterocycles. The predicted octanol–water partition coefficient (Wildman–Crippen LogP) is 3.13. The quantitative estimate of drug-likeness (QED) is 0.286. The maximum atomic E-state index is 11.8. The van der Waals surface area contributed by atoms with E-state index in [2.05, 4.69) is 0 Å². The van der Waals surface area contributed by atoms with Crippen LogP contribution in [0.4, 0.5) is 0 Å². The first-order valence-electron chi connectivity index (χ1n) is 10.8. The third-order valence-corrected chi connectivity index (χ3v) is 5.25. The van der Waals surface area contributed by atoms with Crippen molar-refractivity contribution in [2.24, 2.45) is 11.8 Å². The molecular weight excluding hydrogens is 404 g/mol. The first-order chi connectivity index (χ1) is 15.1. The minimum atomic E-state index is -0.835. The lowest BCUT2D eigenvalue weighted by Gasteiger charge is -2.29. The van der Waals surface area contributed by atoms with Crippen LogP contribution in [0.25, 0.3) is 0 Å². The maximum Gasteiger partial charge on any atom is 0.271 e. The van der Waals surface area contributed by atoms with Gasteiger partial charge < -0.3 is 38.0 Å². The van der Waals surface area contributed by atoms with Crippen LogP contribution >= 0.6 is 0 Å². The highest BCUT2D eigenvalue weighted by Gasteiger charge is 2.42. The average Bonchev–Trinajstić information content (AvgIpc) is 3.21. The zero-order valence-corrected chi connectivity index (χ0v) is 18.9. The molecule has 1 saturated carbocycles. The smallest absolute Gasteiger partial charge is 0.271 e. The number of aldehydes is 1. The summed E-state index contributed by atoms with van der Waals surface area (Å²) >= 11 is 0. The van der Waals surface area contributed by atoms with Crippen LogP contribution < -0.4 is 0 Å². The summed E-state index contributed by atoms with van der Waals surface area (Å²) in [5.41, 5.74) is 1.06. The minimum absolute atomic E-state index is 0.115. The molecule has 6 atom stereocenters. The zero-order chi connectivity index (χ0) is 22.5. The second-order valence-corrected chi connectivity index (χ2v) is 7.33. The maximum absolute atomic E-state index is 11.8. The summed E-state index contributed by atoms with van der Waals surface area (Å²) in [6, 6.07) is 9.90. The van der Waals surface area contributed by atoms with Gasteiger partial charge in [0.05, 0.1) is 25.4 Å². The number of hydrogen-bond donors (Lipinski definition) is 0. The van der Waals surface area contributed by atoms with Gasteiger partial charge in [0.1, 0.15) is 6.29 Å². The van der Waals surface area contributed by atoms with E-state index in [0.29, 0.717) is 39.3 Å². The van der Waals surface area contributed by atoms with Crippen molar-refractivity contribution in [2.75, 3.05) is 34.0 Å². The summed E-state index contributed by atoms with van der Waals surface area (Å²) in [7, 11) is 3.05. The average molecular weight is 441 g/mol. The first kappa shape index (κ1) is 25.9. The highest BCUT2D eigenvalue weighted by atomic mass is 16.8. The Morgan fingerprint density at radius 1 is 1.00 bits per heavy atom. The zero-order valence-electron chi connectivity index (χ0n) is 18.9. The second kappa shape index (κ2) is 14.6. The molecule has 0 aromatic heterocycles. The van der Waals surface area contributed by atoms with E-state index in [1.54, 1.807) is 0 Å². The monoisotopic (exact) mass is 440 g/mol. The van der Waals surface area contributed by atoms with Gasteiger partial charge in [-0.15, -0.1) is 0 Å². The van der Waals surface area contributed by atoms with E-state index in [1.165, 1.54) is 14.2 Å². The molecular formula is C23H36O8. The van der Waals surface area contributed by atoms with Crippen molar-refractivity contribution < 1.29 is 38.0 Å². The summed E-state index contributed by atoms with van der Waals surface area (Å²) in [5, 5.41) is 0. The molecule has 1 aliphatic carbocycles. The molecule has 0 spiro atoms. The molecule has 2 rings (SSSR count). The third kappa shape index (κ3) is 8.57. The van der Waals surface area contributed by atoms with Crippen molar-refractivity contribution in [3.63, 3.8) is 0 Å². The molecule has 1 aromatic carbocycles. The lowest BCUT2D eigenvalue weighted by Crippen LogP contribution is -2.37. The van der Waals surface area contributed by atoms with Gasteiger partial charge in [-0.1, -0.05) is 30.3 Å². The van der Waals surface area contributed by atoms with Gasteiger partial charge in [0.25, 0.3) is 13.0 Å². The van der Waals surface area contributed by atoms with Crippen molar-refractivity contribution in [1.29, 1.82) is 0 Å². The fraction of sp³-hybridized carbons (Fsp3) is 0.696. The van der Waals surface area contributed by atoms with Crippen molar-refractivity contribution in [2.45, 2.75) is 58.5 Å². The van der Waals surface area contributed by atoms with Crippen LogP contribution in [0.1, 0.15) is 32.3 Å². The van der Waals surface area contributed by atoms with Gasteiger partial charge in [-0.05, 0) is 38.2 Å². The predicted molar refractivity (Wildman–Crippen MR) is 113 cm³/mol. The summed E-state index contributed by atoms with van der Waals surface area (Å²) in [4.78, 5) is 11.8. The number of ether oxygens (including phenoxy) is 7. The van der Waals surface area contributed by atoms with E-state index in [4.69, 9.17) is 33.2 Å². The van der Waals surface area contributed by atoms with E-state index in [-0.39, 0.29) is 17.9 Å². The lowest BCUT2D eigenvalue weighted by molar-refractivity contribution is -0.307. The van der Waals surface area contributed by atoms with Crippen LogP contribution in [-0.2, 0) is 44.6 Å². The Morgan fingerprint density at radius 3 is 2.29 bits per heavy atom. The molecule has 1 aromatic rings. The Bertz CT molecular complexity index is 598. The van der Waals surface area contributed by atoms with E-state index < -0.39 is 19.1 Å². The molecule has 0 amide bonds. The fourth-order valence-corrected chi connectivity index (χ4v) is 3.78. The van der Waals surface area contributed by atoms with Gasteiger partial charge in [0, 0.05) is 33.4 Å². The van der Waals surface area contributed by atoms with Crippen molar-refractivity contribution in [3.05, 3.63) is 35.9 Å². The van der Waals surface area contributed by atoms with Gasteiger partial charge in [-0.2, -0.15) is 0 Å². The van der Waals surface area contributed by atoms with Crippen molar-refractivity contribution >= 4 is 6.29 Å². The van der Waals surface area contributed by atoms with Gasteiger partial charge in [0.15, 0.2) is 0 Å². The molecule has 0 aliphatic heterocycles. The summed E-state index contributed by atoms with van der Waals surface area (Å²) < 4.78 is 39.3. The molecule has 176 valence electrons. The van der Waals surface area contributed by atoms with Gasteiger partial charge in [-0.25, -0.2) is 0 Å². The second-order valence-electron chi connectivity index (χ2n) is 7.33. The third-order valence-electron chi connectivity index (χ3n) is 5.25. The molecule has 2 unspecified atom stereocenters. The molecule has 0 bridgehead atoms. The number of hydrogen-bond acceptors (Lipinski definition) is 8. The van der Waals surface area contributed by atoms with Gasteiger partial charge in [-0.3, -0.25) is 0 Å². The summed E-state index contributed by atoms with van der Waals surface area (Å²) in [6.07, 6.45) is 1.54. The van der Waals surface area contributed by atoms with Crippen molar-refractivity contribution in [1.82, 2.24) is 0 Å². The van der Waals surface area contributed by atoms with Crippen LogP contribution in [0.2, 0.25) is 0 Å². The molecule has 0 radical (unpaired) electrons. The summed E-state index contributed by atoms with van der Waals surface area (Å²) in [6.45, 7) is 3.78. The largest absolute Gasteiger partial charge is 0.374 e. The van der Waals surface area contributed by atoms with Crippen molar-refractivity contribution in [3.8, 4) is 0 Å². The van der Waals surface area contributed by atoms with Crippen LogP contribution in [0, 0.1) is 11.8 Å². The normalized spacial score (nSPS) is 24.1. The Hall–Kier alpha value is -1.39. The van der Waals surface area contributed by atoms with Crippen LogP contribution in [0.3, 0.4) is 0 Å². The van der Waals surface area contributed by atoms with E-state index in [9.17, 15) is 4.79 Å². The molecule has 8 heteroatoms. The lowest BCUT2D eigenvalue weighted by atomic mass is 9.92. The van der Waals surface area contributed by atoms with Crippen LogP contribution in [-0.4, -0.2) is 65.5 Å². The fourth-order valence-electron chi connectivity index (χ4n) is 3.78. The number of carbonyl (C=O) groups is 1. The molecule has 1 fully saturated rings. The summed E-state index contributed by atoms with van der Waals surface area (Å²) in [5.74, 6) is -0.357. The molecule has 1 aliphatic rings.